The van der Waals surface area contributed by atoms with Crippen LogP contribution in [0.3, 0.4) is 0 Å². The number of hydrogen-bond donors (Lipinski definition) is 0. The molecule has 1 saturated carbocycles. The molecule has 0 heterocycles. The van der Waals surface area contributed by atoms with E-state index in [1.54, 1.807) is 0 Å². The summed E-state index contributed by atoms with van der Waals surface area (Å²) in [5.74, 6) is 0.485. The van der Waals surface area contributed by atoms with Crippen molar-refractivity contribution < 1.29 is 9.53 Å². The standard InChI is InChI=1S/C9H13ClO2/c1-2-7-3-4-9(12-6-11)8(10)5-7/h2,6-9H,1,3-5H2. The molecule has 3 unspecified atom stereocenters. The van der Waals surface area contributed by atoms with Crippen LogP contribution >= 0.6 is 11.6 Å². The Bertz CT molecular complexity index is 170. The van der Waals surface area contributed by atoms with Crippen LogP contribution in [0.5, 0.6) is 0 Å². The van der Waals surface area contributed by atoms with Crippen LogP contribution in [0.1, 0.15) is 19.3 Å². The van der Waals surface area contributed by atoms with E-state index in [-0.39, 0.29) is 11.5 Å². The maximum Gasteiger partial charge on any atom is 0.293 e. The van der Waals surface area contributed by atoms with Gasteiger partial charge in [-0.2, -0.15) is 0 Å². The summed E-state index contributed by atoms with van der Waals surface area (Å²) in [5.41, 5.74) is 0. The van der Waals surface area contributed by atoms with Gasteiger partial charge in [-0.15, -0.1) is 18.2 Å². The van der Waals surface area contributed by atoms with Crippen molar-refractivity contribution in [1.29, 1.82) is 0 Å². The van der Waals surface area contributed by atoms with Crippen LogP contribution in [0.2, 0.25) is 0 Å². The zero-order valence-electron chi connectivity index (χ0n) is 6.91. The smallest absolute Gasteiger partial charge is 0.293 e. The Labute approximate surface area is 77.5 Å². The molecule has 0 aromatic heterocycles. The maximum absolute atomic E-state index is 10.1. The first kappa shape index (κ1) is 9.59. The predicted molar refractivity (Wildman–Crippen MR) is 48.1 cm³/mol. The van der Waals surface area contributed by atoms with E-state index in [4.69, 9.17) is 16.3 Å². The first-order valence-corrected chi connectivity index (χ1v) is 4.57. The Morgan fingerprint density at radius 3 is 2.75 bits per heavy atom. The van der Waals surface area contributed by atoms with E-state index < -0.39 is 0 Å². The van der Waals surface area contributed by atoms with Crippen LogP contribution in [0.25, 0.3) is 0 Å². The van der Waals surface area contributed by atoms with Gasteiger partial charge in [-0.3, -0.25) is 4.79 Å². The van der Waals surface area contributed by atoms with E-state index in [1.807, 2.05) is 6.08 Å². The van der Waals surface area contributed by atoms with Crippen molar-refractivity contribution in [1.82, 2.24) is 0 Å². The quantitative estimate of drug-likeness (QED) is 0.385. The van der Waals surface area contributed by atoms with Gasteiger partial charge in [0, 0.05) is 0 Å². The second-order valence-corrected chi connectivity index (χ2v) is 3.66. The maximum atomic E-state index is 10.1. The van der Waals surface area contributed by atoms with E-state index in [2.05, 4.69) is 6.58 Å². The van der Waals surface area contributed by atoms with Gasteiger partial charge >= 0.3 is 0 Å². The summed E-state index contributed by atoms with van der Waals surface area (Å²) in [5, 5.41) is -0.0491. The minimum atomic E-state index is -0.0969. The fourth-order valence-electron chi connectivity index (χ4n) is 1.56. The molecule has 1 aliphatic rings. The lowest BCUT2D eigenvalue weighted by atomic mass is 9.87. The molecule has 0 radical (unpaired) electrons. The highest BCUT2D eigenvalue weighted by molar-refractivity contribution is 6.21. The lowest BCUT2D eigenvalue weighted by Gasteiger charge is -2.29. The number of carbonyl (C=O) groups is 1. The number of rotatable bonds is 3. The number of allylic oxidation sites excluding steroid dienone is 1. The summed E-state index contributed by atoms with van der Waals surface area (Å²) < 4.78 is 4.84. The van der Waals surface area contributed by atoms with Gasteiger partial charge in [-0.1, -0.05) is 6.08 Å². The molecule has 12 heavy (non-hydrogen) atoms. The molecule has 0 amide bonds. The highest BCUT2D eigenvalue weighted by Gasteiger charge is 2.28. The average molecular weight is 189 g/mol. The number of ether oxygens (including phenoxy) is 1. The third-order valence-corrected chi connectivity index (χ3v) is 2.78. The number of hydrogen-bond acceptors (Lipinski definition) is 2. The molecule has 0 bridgehead atoms. The van der Waals surface area contributed by atoms with Crippen LogP contribution in [0, 0.1) is 5.92 Å². The molecule has 0 saturated heterocycles. The molecular formula is C9H13ClO2. The van der Waals surface area contributed by atoms with Gasteiger partial charge in [0.15, 0.2) is 0 Å². The second-order valence-electron chi connectivity index (χ2n) is 3.10. The van der Waals surface area contributed by atoms with Crippen molar-refractivity contribution in [3.05, 3.63) is 12.7 Å². The van der Waals surface area contributed by atoms with E-state index in [0.29, 0.717) is 12.4 Å². The summed E-state index contributed by atoms with van der Waals surface area (Å²) in [6.45, 7) is 4.20. The highest BCUT2D eigenvalue weighted by atomic mass is 35.5. The zero-order valence-corrected chi connectivity index (χ0v) is 7.67. The molecule has 0 aromatic carbocycles. The first-order valence-electron chi connectivity index (χ1n) is 4.13. The highest BCUT2D eigenvalue weighted by Crippen LogP contribution is 2.30. The van der Waals surface area contributed by atoms with Gasteiger partial charge in [0.1, 0.15) is 6.10 Å². The molecule has 3 heteroatoms. The number of alkyl halides is 1. The van der Waals surface area contributed by atoms with Gasteiger partial charge in [-0.05, 0) is 25.2 Å². The minimum absolute atomic E-state index is 0.0491. The van der Waals surface area contributed by atoms with Crippen LogP contribution in [0.15, 0.2) is 12.7 Å². The van der Waals surface area contributed by atoms with Gasteiger partial charge in [0.25, 0.3) is 6.47 Å². The summed E-state index contributed by atoms with van der Waals surface area (Å²) in [7, 11) is 0. The molecule has 0 aromatic rings. The van der Waals surface area contributed by atoms with Gasteiger partial charge in [-0.25, -0.2) is 0 Å². The molecule has 1 aliphatic carbocycles. The fourth-order valence-corrected chi connectivity index (χ4v) is 1.97. The molecular weight excluding hydrogens is 176 g/mol. The monoisotopic (exact) mass is 188 g/mol. The van der Waals surface area contributed by atoms with Crippen LogP contribution in [-0.4, -0.2) is 18.0 Å². The Hall–Kier alpha value is -0.500. The molecule has 0 aliphatic heterocycles. The van der Waals surface area contributed by atoms with E-state index in [9.17, 15) is 4.79 Å². The zero-order chi connectivity index (χ0) is 8.97. The Kier molecular flexibility index (Phi) is 3.60. The molecule has 1 rings (SSSR count). The van der Waals surface area contributed by atoms with Gasteiger partial charge < -0.3 is 4.74 Å². The van der Waals surface area contributed by atoms with Gasteiger partial charge in [0.2, 0.25) is 0 Å². The molecule has 68 valence electrons. The topological polar surface area (TPSA) is 26.3 Å². The summed E-state index contributed by atoms with van der Waals surface area (Å²) >= 11 is 6.00. The molecule has 0 N–H and O–H groups in total. The number of halogens is 1. The Balaban J connectivity index is 2.41. The average Bonchev–Trinajstić information content (AvgIpc) is 2.09. The molecule has 1 fully saturated rings. The van der Waals surface area contributed by atoms with Crippen LogP contribution in [-0.2, 0) is 9.53 Å². The predicted octanol–water partition coefficient (Wildman–Crippen LogP) is 2.12. The van der Waals surface area contributed by atoms with Crippen LogP contribution < -0.4 is 0 Å². The number of carbonyl (C=O) groups excluding carboxylic acids is 1. The molecule has 3 atom stereocenters. The van der Waals surface area contributed by atoms with E-state index >= 15 is 0 Å². The second kappa shape index (κ2) is 4.51. The largest absolute Gasteiger partial charge is 0.463 e. The SMILES string of the molecule is C=CC1CCC(OC=O)C(Cl)C1. The molecule has 0 spiro atoms. The van der Waals surface area contributed by atoms with Crippen molar-refractivity contribution in [2.45, 2.75) is 30.7 Å². The minimum Gasteiger partial charge on any atom is -0.463 e. The normalized spacial score (nSPS) is 35.6. The Morgan fingerprint density at radius 2 is 2.25 bits per heavy atom. The van der Waals surface area contributed by atoms with Crippen molar-refractivity contribution in [2.75, 3.05) is 0 Å². The van der Waals surface area contributed by atoms with Crippen LogP contribution in [0.4, 0.5) is 0 Å². The third kappa shape index (κ3) is 2.24. The summed E-state index contributed by atoms with van der Waals surface area (Å²) in [6, 6.07) is 0. The Morgan fingerprint density at radius 1 is 1.50 bits per heavy atom. The lowest BCUT2D eigenvalue weighted by Crippen LogP contribution is -2.31. The summed E-state index contributed by atoms with van der Waals surface area (Å²) in [6.07, 6.45) is 4.56. The first-order chi connectivity index (χ1) is 5.77. The van der Waals surface area contributed by atoms with E-state index in [1.165, 1.54) is 0 Å². The van der Waals surface area contributed by atoms with Crippen molar-refractivity contribution in [3.8, 4) is 0 Å². The van der Waals surface area contributed by atoms with Gasteiger partial charge in [0.05, 0.1) is 5.38 Å². The van der Waals surface area contributed by atoms with Crippen molar-refractivity contribution >= 4 is 18.1 Å². The van der Waals surface area contributed by atoms with Crippen molar-refractivity contribution in [2.24, 2.45) is 5.92 Å². The molecule has 2 nitrogen and oxygen atoms in total. The fraction of sp³-hybridized carbons (Fsp3) is 0.667. The van der Waals surface area contributed by atoms with E-state index in [0.717, 1.165) is 19.3 Å². The third-order valence-electron chi connectivity index (χ3n) is 2.32. The summed E-state index contributed by atoms with van der Waals surface area (Å²) in [4.78, 5) is 10.1. The lowest BCUT2D eigenvalue weighted by molar-refractivity contribution is -0.134. The van der Waals surface area contributed by atoms with Crippen molar-refractivity contribution in [3.63, 3.8) is 0 Å².